The minimum atomic E-state index is -0.0438. The van der Waals surface area contributed by atoms with E-state index in [0.717, 1.165) is 54.8 Å². The molecule has 0 aromatic heterocycles. The van der Waals surface area contributed by atoms with Crippen molar-refractivity contribution in [2.75, 3.05) is 6.61 Å². The van der Waals surface area contributed by atoms with Gasteiger partial charge in [0.1, 0.15) is 0 Å². The molecule has 0 aromatic carbocycles. The molecule has 156 valence electrons. The lowest BCUT2D eigenvalue weighted by Crippen LogP contribution is -2.56. The first-order chi connectivity index (χ1) is 12.8. The number of aliphatic hydroxyl groups excluding tert-OH is 2. The summed E-state index contributed by atoms with van der Waals surface area (Å²) in [6, 6.07) is 0. The molecule has 0 heterocycles. The highest BCUT2D eigenvalue weighted by Crippen LogP contribution is 2.69. The van der Waals surface area contributed by atoms with Crippen LogP contribution in [0.5, 0.6) is 0 Å². The lowest BCUT2D eigenvalue weighted by atomic mass is 9.42. The number of fused-ring (bicyclic) bond motifs is 5. The van der Waals surface area contributed by atoms with E-state index in [4.69, 9.17) is 0 Å². The summed E-state index contributed by atoms with van der Waals surface area (Å²) in [6.07, 6.45) is 12.7. The molecule has 4 fully saturated rings. The van der Waals surface area contributed by atoms with Gasteiger partial charge in [-0.15, -0.1) is 0 Å². The van der Waals surface area contributed by atoms with Crippen molar-refractivity contribution in [2.45, 2.75) is 98.0 Å². The second-order valence-electron chi connectivity index (χ2n) is 11.5. The number of aliphatic hydroxyl groups is 2. The van der Waals surface area contributed by atoms with Crippen molar-refractivity contribution in [3.05, 3.63) is 0 Å². The van der Waals surface area contributed by atoms with E-state index in [1.807, 2.05) is 0 Å². The zero-order valence-electron chi connectivity index (χ0n) is 18.3. The summed E-state index contributed by atoms with van der Waals surface area (Å²) in [5.74, 6) is 5.76. The topological polar surface area (TPSA) is 40.5 Å². The summed E-state index contributed by atoms with van der Waals surface area (Å²) < 4.78 is 0. The molecule has 0 aliphatic heterocycles. The summed E-state index contributed by atoms with van der Waals surface area (Å²) in [5, 5.41) is 19.9. The predicted octanol–water partition coefficient (Wildman–Crippen LogP) is 5.66. The molecule has 0 saturated heterocycles. The molecule has 2 heteroatoms. The van der Waals surface area contributed by atoms with Gasteiger partial charge in [-0.1, -0.05) is 34.1 Å². The smallest absolute Gasteiger partial charge is 0.0543 e. The van der Waals surface area contributed by atoms with Crippen LogP contribution in [0.4, 0.5) is 0 Å². The Labute approximate surface area is 167 Å². The van der Waals surface area contributed by atoms with E-state index in [0.29, 0.717) is 23.4 Å². The third-order valence-electron chi connectivity index (χ3n) is 10.7. The zero-order chi connectivity index (χ0) is 19.4. The minimum absolute atomic E-state index is 0.0438. The van der Waals surface area contributed by atoms with Gasteiger partial charge in [0, 0.05) is 6.61 Å². The standard InChI is InChI=1S/C25H44O2/c1-5-17-14-19-21-7-6-20(16(2)10-13-26)24(21,3)12-9-22(19)25(4)11-8-18(27)15-23(17)25/h16-23,26-27H,5-15H2,1-4H3/t16-,17+,18+,19?,20-,21?,22?,23+,24-,25-/m1/s1. The molecule has 0 radical (unpaired) electrons. The van der Waals surface area contributed by atoms with Crippen LogP contribution in [0.3, 0.4) is 0 Å². The number of hydrogen-bond donors (Lipinski definition) is 2. The van der Waals surface area contributed by atoms with Crippen LogP contribution in [0.25, 0.3) is 0 Å². The molecule has 4 aliphatic rings. The number of rotatable bonds is 4. The van der Waals surface area contributed by atoms with Crippen LogP contribution in [0, 0.1) is 52.3 Å². The van der Waals surface area contributed by atoms with E-state index < -0.39 is 0 Å². The van der Waals surface area contributed by atoms with E-state index in [1.54, 1.807) is 0 Å². The van der Waals surface area contributed by atoms with Crippen LogP contribution < -0.4 is 0 Å². The second-order valence-corrected chi connectivity index (χ2v) is 11.5. The van der Waals surface area contributed by atoms with Gasteiger partial charge in [0.25, 0.3) is 0 Å². The van der Waals surface area contributed by atoms with Gasteiger partial charge in [0.15, 0.2) is 0 Å². The Balaban J connectivity index is 1.61. The molecule has 2 nitrogen and oxygen atoms in total. The molecular formula is C25H44O2. The van der Waals surface area contributed by atoms with Gasteiger partial charge in [-0.05, 0) is 110 Å². The van der Waals surface area contributed by atoms with Crippen molar-refractivity contribution in [3.8, 4) is 0 Å². The van der Waals surface area contributed by atoms with Gasteiger partial charge in [0.05, 0.1) is 6.10 Å². The lowest BCUT2D eigenvalue weighted by molar-refractivity contribution is -0.152. The van der Waals surface area contributed by atoms with Gasteiger partial charge in [-0.25, -0.2) is 0 Å². The van der Waals surface area contributed by atoms with Crippen molar-refractivity contribution in [1.82, 2.24) is 0 Å². The van der Waals surface area contributed by atoms with Gasteiger partial charge < -0.3 is 10.2 Å². The SMILES string of the molecule is CC[C@H]1CC2C3CC[C@H]([C@H](C)CCO)[C@@]3(C)CCC2[C@@]2(C)CC[C@H](O)C[C@@H]12. The van der Waals surface area contributed by atoms with Crippen LogP contribution >= 0.6 is 0 Å². The van der Waals surface area contributed by atoms with E-state index in [-0.39, 0.29) is 6.10 Å². The Hall–Kier alpha value is -0.0800. The van der Waals surface area contributed by atoms with Crippen LogP contribution in [0.1, 0.15) is 91.9 Å². The third-order valence-corrected chi connectivity index (χ3v) is 10.7. The van der Waals surface area contributed by atoms with Crippen LogP contribution in [-0.2, 0) is 0 Å². The maximum Gasteiger partial charge on any atom is 0.0543 e. The van der Waals surface area contributed by atoms with Crippen molar-refractivity contribution < 1.29 is 10.2 Å². The van der Waals surface area contributed by atoms with Crippen molar-refractivity contribution >= 4 is 0 Å². The molecule has 10 atom stereocenters. The maximum atomic E-state index is 10.4. The zero-order valence-corrected chi connectivity index (χ0v) is 18.3. The highest BCUT2D eigenvalue weighted by atomic mass is 16.3. The average molecular weight is 377 g/mol. The molecule has 4 saturated carbocycles. The first-order valence-corrected chi connectivity index (χ1v) is 12.1. The molecular weight excluding hydrogens is 332 g/mol. The second kappa shape index (κ2) is 7.31. The third kappa shape index (κ3) is 3.03. The molecule has 27 heavy (non-hydrogen) atoms. The first-order valence-electron chi connectivity index (χ1n) is 12.1. The molecule has 2 N–H and O–H groups in total. The Bertz CT molecular complexity index is 532. The average Bonchev–Trinajstić information content (AvgIpc) is 2.99. The fraction of sp³-hybridized carbons (Fsp3) is 1.00. The lowest BCUT2D eigenvalue weighted by Gasteiger charge is -2.63. The fourth-order valence-electron chi connectivity index (χ4n) is 9.31. The Morgan fingerprint density at radius 1 is 0.926 bits per heavy atom. The Morgan fingerprint density at radius 2 is 1.63 bits per heavy atom. The molecule has 4 rings (SSSR count). The van der Waals surface area contributed by atoms with Crippen LogP contribution in [-0.4, -0.2) is 22.9 Å². The molecule has 0 amide bonds. The normalized spacial score (nSPS) is 53.3. The van der Waals surface area contributed by atoms with E-state index in [9.17, 15) is 10.2 Å². The summed E-state index contributed by atoms with van der Waals surface area (Å²) in [4.78, 5) is 0. The van der Waals surface area contributed by atoms with Gasteiger partial charge in [0.2, 0.25) is 0 Å². The summed E-state index contributed by atoms with van der Waals surface area (Å²) in [6.45, 7) is 10.4. The number of hydrogen-bond acceptors (Lipinski definition) is 2. The van der Waals surface area contributed by atoms with Crippen LogP contribution in [0.2, 0.25) is 0 Å². The molecule has 4 aliphatic carbocycles. The summed E-state index contributed by atoms with van der Waals surface area (Å²) in [5.41, 5.74) is 0.977. The fourth-order valence-corrected chi connectivity index (χ4v) is 9.31. The molecule has 0 bridgehead atoms. The monoisotopic (exact) mass is 376 g/mol. The Kier molecular flexibility index (Phi) is 5.47. The van der Waals surface area contributed by atoms with Gasteiger partial charge >= 0.3 is 0 Å². The van der Waals surface area contributed by atoms with E-state index in [2.05, 4.69) is 27.7 Å². The van der Waals surface area contributed by atoms with Gasteiger partial charge in [-0.2, -0.15) is 0 Å². The van der Waals surface area contributed by atoms with E-state index >= 15 is 0 Å². The first kappa shape index (κ1) is 20.2. The largest absolute Gasteiger partial charge is 0.396 e. The molecule has 3 unspecified atom stereocenters. The van der Waals surface area contributed by atoms with Crippen molar-refractivity contribution in [1.29, 1.82) is 0 Å². The molecule has 0 spiro atoms. The highest BCUT2D eigenvalue weighted by Gasteiger charge is 2.62. The Morgan fingerprint density at radius 3 is 2.33 bits per heavy atom. The summed E-state index contributed by atoms with van der Waals surface area (Å²) in [7, 11) is 0. The predicted molar refractivity (Wildman–Crippen MR) is 111 cm³/mol. The quantitative estimate of drug-likeness (QED) is 0.664. The van der Waals surface area contributed by atoms with Crippen molar-refractivity contribution in [3.63, 3.8) is 0 Å². The van der Waals surface area contributed by atoms with Gasteiger partial charge in [-0.3, -0.25) is 0 Å². The van der Waals surface area contributed by atoms with Crippen LogP contribution in [0.15, 0.2) is 0 Å². The molecule has 0 aromatic rings. The maximum absolute atomic E-state index is 10.4. The summed E-state index contributed by atoms with van der Waals surface area (Å²) >= 11 is 0. The van der Waals surface area contributed by atoms with Crippen molar-refractivity contribution in [2.24, 2.45) is 52.3 Å². The highest BCUT2D eigenvalue weighted by molar-refractivity contribution is 5.11. The minimum Gasteiger partial charge on any atom is -0.396 e. The van der Waals surface area contributed by atoms with E-state index in [1.165, 1.54) is 44.9 Å².